The van der Waals surface area contributed by atoms with Crippen molar-refractivity contribution in [3.05, 3.63) is 24.3 Å². The molecule has 0 spiro atoms. The fourth-order valence-electron chi connectivity index (χ4n) is 1.39. The molecule has 0 aliphatic heterocycles. The number of hydrogen-bond donors (Lipinski definition) is 3. The van der Waals surface area contributed by atoms with Gasteiger partial charge in [0, 0.05) is 11.1 Å². The minimum absolute atomic E-state index is 0.259. The molecule has 0 amide bonds. The van der Waals surface area contributed by atoms with E-state index >= 15 is 0 Å². The fourth-order valence-corrected chi connectivity index (χ4v) is 1.83. The third-order valence-electron chi connectivity index (χ3n) is 2.16. The molecule has 7 heteroatoms. The normalized spacial score (nSPS) is 11.8. The summed E-state index contributed by atoms with van der Waals surface area (Å²) in [6.07, 6.45) is 0. The van der Waals surface area contributed by atoms with E-state index in [9.17, 15) is 8.42 Å². The summed E-state index contributed by atoms with van der Waals surface area (Å²) >= 11 is 0. The Balaban J connectivity index is 2.86. The van der Waals surface area contributed by atoms with Gasteiger partial charge in [-0.1, -0.05) is 0 Å². The van der Waals surface area contributed by atoms with Crippen LogP contribution in [0.1, 0.15) is 0 Å². The van der Waals surface area contributed by atoms with Crippen LogP contribution in [0.5, 0.6) is 0 Å². The number of nitrogens with zero attached hydrogens (tertiary/aromatic N) is 1. The van der Waals surface area contributed by atoms with Crippen molar-refractivity contribution in [2.45, 2.75) is 5.03 Å². The number of fused-ring (bicyclic) bond motifs is 1. The maximum absolute atomic E-state index is 10.9. The average molecular weight is 239 g/mol. The van der Waals surface area contributed by atoms with E-state index in [0.29, 0.717) is 16.8 Å². The summed E-state index contributed by atoms with van der Waals surface area (Å²) < 4.78 is 30.6. The molecule has 2 rings (SSSR count). The van der Waals surface area contributed by atoms with Crippen molar-refractivity contribution >= 4 is 32.4 Å². The van der Waals surface area contributed by atoms with Crippen molar-refractivity contribution in [1.29, 1.82) is 0 Å². The van der Waals surface area contributed by atoms with Crippen molar-refractivity contribution in [1.82, 2.24) is 4.98 Å². The van der Waals surface area contributed by atoms with Gasteiger partial charge in [-0.3, -0.25) is 4.55 Å². The number of benzene rings is 1. The topological polar surface area (TPSA) is 119 Å². The van der Waals surface area contributed by atoms with Gasteiger partial charge in [0.05, 0.1) is 11.2 Å². The molecule has 0 fully saturated rings. The van der Waals surface area contributed by atoms with Crippen LogP contribution >= 0.6 is 0 Å². The van der Waals surface area contributed by atoms with Crippen LogP contribution < -0.4 is 11.5 Å². The molecule has 6 nitrogen and oxygen atoms in total. The highest BCUT2D eigenvalue weighted by atomic mass is 32.2. The fraction of sp³-hybridized carbons (Fsp3) is 0. The zero-order valence-corrected chi connectivity index (χ0v) is 8.90. The molecule has 0 radical (unpaired) electrons. The average Bonchev–Trinajstić information content (AvgIpc) is 2.22. The maximum atomic E-state index is 10.9. The van der Waals surface area contributed by atoms with Crippen LogP contribution in [0.3, 0.4) is 0 Å². The zero-order chi connectivity index (χ0) is 11.9. The van der Waals surface area contributed by atoms with Gasteiger partial charge in [0.25, 0.3) is 0 Å². The second-order valence-corrected chi connectivity index (χ2v) is 4.63. The largest absolute Gasteiger partial charge is 0.398 e. The van der Waals surface area contributed by atoms with E-state index in [2.05, 4.69) is 4.98 Å². The standard InChI is InChI=1S/C9H9N3O3S/c10-6-2-3-7(11)9-5(6)1-4-8(12-9)16(13,14)15/h1-4H,10-11H2,(H,13,14,15). The lowest BCUT2D eigenvalue weighted by molar-refractivity contribution is 0.479. The van der Waals surface area contributed by atoms with Gasteiger partial charge in [0.1, 0.15) is 0 Å². The highest BCUT2D eigenvalue weighted by Gasteiger charge is 2.13. The molecule has 0 aliphatic rings. The van der Waals surface area contributed by atoms with Gasteiger partial charge < -0.3 is 11.5 Å². The third kappa shape index (κ3) is 1.66. The molecule has 0 unspecified atom stereocenters. The van der Waals surface area contributed by atoms with Crippen molar-refractivity contribution in [3.8, 4) is 0 Å². The summed E-state index contributed by atoms with van der Waals surface area (Å²) in [4.78, 5) is 3.76. The molecule has 0 aliphatic carbocycles. The van der Waals surface area contributed by atoms with E-state index in [1.54, 1.807) is 6.07 Å². The van der Waals surface area contributed by atoms with Crippen molar-refractivity contribution in [2.75, 3.05) is 11.5 Å². The highest BCUT2D eigenvalue weighted by Crippen LogP contribution is 2.25. The van der Waals surface area contributed by atoms with E-state index in [1.165, 1.54) is 18.2 Å². The molecule has 0 saturated heterocycles. The first kappa shape index (κ1) is 10.7. The third-order valence-corrected chi connectivity index (χ3v) is 2.92. The van der Waals surface area contributed by atoms with Crippen LogP contribution in [0.15, 0.2) is 29.3 Å². The molecular formula is C9H9N3O3S. The van der Waals surface area contributed by atoms with Crippen LogP contribution in [-0.4, -0.2) is 18.0 Å². The number of aromatic nitrogens is 1. The molecular weight excluding hydrogens is 230 g/mol. The number of anilines is 2. The number of rotatable bonds is 1. The predicted molar refractivity (Wildman–Crippen MR) is 60.4 cm³/mol. The molecule has 84 valence electrons. The Morgan fingerprint density at radius 1 is 1.06 bits per heavy atom. The van der Waals surface area contributed by atoms with Gasteiger partial charge in [-0.2, -0.15) is 8.42 Å². The zero-order valence-electron chi connectivity index (χ0n) is 8.08. The van der Waals surface area contributed by atoms with E-state index in [1.807, 2.05) is 0 Å². The molecule has 1 aromatic heterocycles. The van der Waals surface area contributed by atoms with E-state index in [0.717, 1.165) is 0 Å². The second-order valence-electron chi connectivity index (χ2n) is 3.26. The number of nitrogens with two attached hydrogens (primary N) is 2. The summed E-state index contributed by atoms with van der Waals surface area (Å²) in [5, 5.41) is 0.102. The molecule has 1 heterocycles. The van der Waals surface area contributed by atoms with Crippen molar-refractivity contribution in [3.63, 3.8) is 0 Å². The van der Waals surface area contributed by atoms with Crippen LogP contribution in [0.25, 0.3) is 10.9 Å². The smallest absolute Gasteiger partial charge is 0.312 e. The van der Waals surface area contributed by atoms with Gasteiger partial charge in [-0.25, -0.2) is 4.98 Å². The molecule has 1 aromatic carbocycles. The van der Waals surface area contributed by atoms with E-state index in [-0.39, 0.29) is 5.52 Å². The molecule has 5 N–H and O–H groups in total. The van der Waals surface area contributed by atoms with Crippen LogP contribution in [0.4, 0.5) is 11.4 Å². The molecule has 0 atom stereocenters. The Kier molecular flexibility index (Phi) is 2.21. The van der Waals surface area contributed by atoms with Gasteiger partial charge in [-0.05, 0) is 24.3 Å². The molecule has 16 heavy (non-hydrogen) atoms. The quantitative estimate of drug-likeness (QED) is 0.496. The maximum Gasteiger partial charge on any atom is 0.312 e. The lowest BCUT2D eigenvalue weighted by Crippen LogP contribution is -2.03. The van der Waals surface area contributed by atoms with Crippen LogP contribution in [0, 0.1) is 0 Å². The lowest BCUT2D eigenvalue weighted by atomic mass is 10.1. The number of nitrogen functional groups attached to an aromatic ring is 2. The Labute approximate surface area is 91.6 Å². The Hall–Kier alpha value is -1.86. The second kappa shape index (κ2) is 3.32. The SMILES string of the molecule is Nc1ccc(N)c2nc(S(=O)(=O)O)ccc12. The van der Waals surface area contributed by atoms with Crippen molar-refractivity contribution in [2.24, 2.45) is 0 Å². The summed E-state index contributed by atoms with van der Waals surface area (Å²) in [5.74, 6) is 0. The molecule has 2 aromatic rings. The van der Waals surface area contributed by atoms with Crippen LogP contribution in [-0.2, 0) is 10.1 Å². The highest BCUT2D eigenvalue weighted by molar-refractivity contribution is 7.85. The lowest BCUT2D eigenvalue weighted by Gasteiger charge is -2.05. The van der Waals surface area contributed by atoms with Gasteiger partial charge in [-0.15, -0.1) is 0 Å². The Morgan fingerprint density at radius 3 is 2.31 bits per heavy atom. The molecule has 0 saturated carbocycles. The Bertz CT molecular complexity index is 667. The van der Waals surface area contributed by atoms with E-state index in [4.69, 9.17) is 16.0 Å². The van der Waals surface area contributed by atoms with Gasteiger partial charge >= 0.3 is 10.1 Å². The van der Waals surface area contributed by atoms with Gasteiger partial charge in [0.2, 0.25) is 0 Å². The summed E-state index contributed by atoms with van der Waals surface area (Å²) in [6.45, 7) is 0. The monoisotopic (exact) mass is 239 g/mol. The Morgan fingerprint density at radius 2 is 1.69 bits per heavy atom. The predicted octanol–water partition coefficient (Wildman–Crippen LogP) is 0.646. The van der Waals surface area contributed by atoms with E-state index < -0.39 is 15.1 Å². The summed E-state index contributed by atoms with van der Waals surface area (Å²) in [5.41, 5.74) is 12.3. The summed E-state index contributed by atoms with van der Waals surface area (Å²) in [6, 6.07) is 5.76. The van der Waals surface area contributed by atoms with Crippen molar-refractivity contribution < 1.29 is 13.0 Å². The number of pyridine rings is 1. The first-order chi connectivity index (χ1) is 7.39. The first-order valence-corrected chi connectivity index (χ1v) is 5.76. The summed E-state index contributed by atoms with van der Waals surface area (Å²) in [7, 11) is -4.33. The minimum atomic E-state index is -4.33. The van der Waals surface area contributed by atoms with Crippen LogP contribution in [0.2, 0.25) is 0 Å². The number of hydrogen-bond acceptors (Lipinski definition) is 5. The molecule has 0 bridgehead atoms. The first-order valence-electron chi connectivity index (χ1n) is 4.32. The minimum Gasteiger partial charge on any atom is -0.398 e. The van der Waals surface area contributed by atoms with Gasteiger partial charge in [0.15, 0.2) is 5.03 Å².